The minimum Gasteiger partial charge on any atom is -0.487 e. The van der Waals surface area contributed by atoms with Crippen LogP contribution in [0.4, 0.5) is 4.79 Å². The Kier molecular flexibility index (Phi) is 8.97. The van der Waals surface area contributed by atoms with Gasteiger partial charge in [-0.2, -0.15) is 5.26 Å². The van der Waals surface area contributed by atoms with Crippen LogP contribution < -0.4 is 4.74 Å². The van der Waals surface area contributed by atoms with E-state index in [1.807, 2.05) is 33.8 Å². The number of aliphatic hydroxyl groups is 1. The number of pyridine rings is 1. The van der Waals surface area contributed by atoms with Crippen molar-refractivity contribution in [2.75, 3.05) is 13.1 Å². The summed E-state index contributed by atoms with van der Waals surface area (Å²) in [6, 6.07) is 24.9. The van der Waals surface area contributed by atoms with Crippen LogP contribution in [0.1, 0.15) is 57.7 Å². The molecule has 0 saturated carbocycles. The second-order valence-corrected chi connectivity index (χ2v) is 15.9. The summed E-state index contributed by atoms with van der Waals surface area (Å²) in [5, 5.41) is 21.3. The first-order valence-corrected chi connectivity index (χ1v) is 17.8. The van der Waals surface area contributed by atoms with E-state index in [1.54, 1.807) is 97.7 Å². The molecule has 5 aromatic rings. The van der Waals surface area contributed by atoms with Gasteiger partial charge in [-0.05, 0) is 100 Å². The van der Waals surface area contributed by atoms with E-state index in [9.17, 15) is 23.6 Å². The Bertz CT molecular complexity index is 2220. The summed E-state index contributed by atoms with van der Waals surface area (Å²) in [5.74, 6) is 0.393. The van der Waals surface area contributed by atoms with Gasteiger partial charge in [0.15, 0.2) is 5.65 Å². The largest absolute Gasteiger partial charge is 0.487 e. The van der Waals surface area contributed by atoms with Crippen molar-refractivity contribution < 1.29 is 27.8 Å². The number of amides is 1. The van der Waals surface area contributed by atoms with E-state index in [-0.39, 0.29) is 16.6 Å². The molecule has 1 aliphatic rings. The molecular weight excluding hydrogens is 653 g/mol. The molecule has 0 radical (unpaired) electrons. The van der Waals surface area contributed by atoms with Crippen molar-refractivity contribution >= 4 is 27.1 Å². The van der Waals surface area contributed by atoms with Crippen molar-refractivity contribution in [2.45, 2.75) is 70.2 Å². The molecule has 258 valence electrons. The molecule has 1 atom stereocenters. The summed E-state index contributed by atoms with van der Waals surface area (Å²) in [6.07, 6.45) is 1.45. The predicted molar refractivity (Wildman–Crippen MR) is 191 cm³/mol. The predicted octanol–water partition coefficient (Wildman–Crippen LogP) is 7.40. The SMILES string of the molecule is Cc1ccc(S(=O)(=O)n2c(-c3ccc(C(C)(C)O)cc3)cc3c(-c4ccc(O[C@@H]5CCN(C(=O)OC(C)(C)C)C5)c(C#N)c4)ccnc32)cc1. The Balaban J connectivity index is 1.40. The van der Waals surface area contributed by atoms with Crippen molar-refractivity contribution in [1.29, 1.82) is 5.26 Å². The van der Waals surface area contributed by atoms with Crippen LogP contribution in [0.5, 0.6) is 5.75 Å². The Morgan fingerprint density at radius 3 is 2.28 bits per heavy atom. The lowest BCUT2D eigenvalue weighted by atomic mass is 9.96. The van der Waals surface area contributed by atoms with E-state index in [2.05, 4.69) is 11.1 Å². The van der Waals surface area contributed by atoms with Gasteiger partial charge in [-0.3, -0.25) is 0 Å². The molecule has 1 saturated heterocycles. The summed E-state index contributed by atoms with van der Waals surface area (Å²) in [6.45, 7) is 11.6. The number of aromatic nitrogens is 2. The minimum atomic E-state index is -4.11. The first kappa shape index (κ1) is 34.7. The number of aryl methyl sites for hydroxylation is 1. The fourth-order valence-corrected chi connectivity index (χ4v) is 7.50. The first-order valence-electron chi connectivity index (χ1n) is 16.4. The van der Waals surface area contributed by atoms with Crippen molar-refractivity contribution in [2.24, 2.45) is 0 Å². The van der Waals surface area contributed by atoms with Gasteiger partial charge >= 0.3 is 6.09 Å². The van der Waals surface area contributed by atoms with E-state index in [4.69, 9.17) is 9.47 Å². The molecule has 2 aromatic heterocycles. The van der Waals surface area contributed by atoms with Crippen LogP contribution in [0.2, 0.25) is 0 Å². The van der Waals surface area contributed by atoms with E-state index >= 15 is 0 Å². The number of ether oxygens (including phenoxy) is 2. The molecule has 1 aliphatic heterocycles. The van der Waals surface area contributed by atoms with Gasteiger partial charge in [0, 0.05) is 24.5 Å². The molecule has 50 heavy (non-hydrogen) atoms. The fraction of sp³-hybridized carbons (Fsp3) is 0.308. The second kappa shape index (κ2) is 12.9. The van der Waals surface area contributed by atoms with Crippen molar-refractivity contribution in [3.8, 4) is 34.2 Å². The normalized spacial score (nSPS) is 15.2. The summed E-state index contributed by atoms with van der Waals surface area (Å²) in [5.41, 5.74) is 2.86. The lowest BCUT2D eigenvalue weighted by Crippen LogP contribution is -2.36. The van der Waals surface area contributed by atoms with Gasteiger partial charge in [-0.1, -0.05) is 48.0 Å². The van der Waals surface area contributed by atoms with Gasteiger partial charge in [0.1, 0.15) is 23.5 Å². The molecule has 0 unspecified atom stereocenters. The molecule has 0 bridgehead atoms. The highest BCUT2D eigenvalue weighted by atomic mass is 32.2. The van der Waals surface area contributed by atoms with Crippen LogP contribution in [0, 0.1) is 18.3 Å². The third kappa shape index (κ3) is 6.95. The van der Waals surface area contributed by atoms with Gasteiger partial charge in [0.2, 0.25) is 0 Å². The maximum Gasteiger partial charge on any atom is 0.410 e. The number of rotatable bonds is 7. The van der Waals surface area contributed by atoms with Crippen LogP contribution in [-0.2, 0) is 20.4 Å². The van der Waals surface area contributed by atoms with E-state index in [0.717, 1.165) is 5.56 Å². The Morgan fingerprint density at radius 2 is 1.64 bits per heavy atom. The van der Waals surface area contributed by atoms with Crippen LogP contribution in [0.3, 0.4) is 0 Å². The van der Waals surface area contributed by atoms with Gasteiger partial charge in [-0.15, -0.1) is 0 Å². The minimum absolute atomic E-state index is 0.118. The molecule has 3 heterocycles. The lowest BCUT2D eigenvalue weighted by Gasteiger charge is -2.24. The molecule has 3 aromatic carbocycles. The number of carbonyl (C=O) groups excluding carboxylic acids is 1. The Labute approximate surface area is 292 Å². The highest BCUT2D eigenvalue weighted by molar-refractivity contribution is 7.90. The molecule has 0 aliphatic carbocycles. The van der Waals surface area contributed by atoms with Gasteiger partial charge in [0.05, 0.1) is 28.3 Å². The van der Waals surface area contributed by atoms with Crippen LogP contribution in [-0.4, -0.2) is 58.3 Å². The van der Waals surface area contributed by atoms with Gasteiger partial charge in [0.25, 0.3) is 10.0 Å². The number of likely N-dealkylation sites (tertiary alicyclic amines) is 1. The Hall–Kier alpha value is -5.18. The number of nitriles is 1. The number of hydrogen-bond donors (Lipinski definition) is 1. The van der Waals surface area contributed by atoms with E-state index < -0.39 is 27.3 Å². The zero-order valence-electron chi connectivity index (χ0n) is 29.0. The molecule has 10 nitrogen and oxygen atoms in total. The van der Waals surface area contributed by atoms with Crippen LogP contribution in [0.15, 0.2) is 90.0 Å². The van der Waals surface area contributed by atoms with Crippen molar-refractivity contribution in [3.63, 3.8) is 0 Å². The second-order valence-electron chi connectivity index (χ2n) is 14.1. The molecule has 1 fully saturated rings. The molecule has 11 heteroatoms. The number of fused-ring (bicyclic) bond motifs is 1. The fourth-order valence-electron chi connectivity index (χ4n) is 6.02. The van der Waals surface area contributed by atoms with E-state index in [0.29, 0.717) is 64.2 Å². The molecule has 1 N–H and O–H groups in total. The van der Waals surface area contributed by atoms with Crippen molar-refractivity contribution in [1.82, 2.24) is 13.9 Å². The smallest absolute Gasteiger partial charge is 0.410 e. The molecule has 1 amide bonds. The quantitative estimate of drug-likeness (QED) is 0.186. The van der Waals surface area contributed by atoms with Gasteiger partial charge in [-0.25, -0.2) is 22.2 Å². The lowest BCUT2D eigenvalue weighted by molar-refractivity contribution is 0.0275. The first-order chi connectivity index (χ1) is 23.5. The third-order valence-corrected chi connectivity index (χ3v) is 10.3. The highest BCUT2D eigenvalue weighted by Crippen LogP contribution is 2.38. The average molecular weight is 693 g/mol. The van der Waals surface area contributed by atoms with Crippen molar-refractivity contribution in [3.05, 3.63) is 102 Å². The third-order valence-electron chi connectivity index (χ3n) is 8.61. The number of benzene rings is 3. The summed E-state index contributed by atoms with van der Waals surface area (Å²) in [4.78, 5) is 18.8. The van der Waals surface area contributed by atoms with Gasteiger partial charge < -0.3 is 19.5 Å². The summed E-state index contributed by atoms with van der Waals surface area (Å²) in [7, 11) is -4.11. The molecule has 0 spiro atoms. The standard InChI is InChI=1S/C39H40N4O6S/c1-25-7-14-31(15-8-25)50(46,47)43-34(26-9-12-29(13-10-26)39(5,6)45)22-33-32(17-19-41-36(33)43)27-11-16-35(28(21-27)23-40)48-30-18-20-42(24-30)37(44)49-38(2,3)4/h7-17,19,21-22,30,45H,18,20,24H2,1-6H3/t30-/m1/s1. The number of nitrogens with zero attached hydrogens (tertiary/aromatic N) is 4. The monoisotopic (exact) mass is 692 g/mol. The average Bonchev–Trinajstić information content (AvgIpc) is 3.70. The molecular formula is C39H40N4O6S. The maximum absolute atomic E-state index is 14.3. The zero-order chi connectivity index (χ0) is 36.0. The highest BCUT2D eigenvalue weighted by Gasteiger charge is 2.32. The van der Waals surface area contributed by atoms with Crippen LogP contribution >= 0.6 is 0 Å². The Morgan fingerprint density at radius 1 is 0.960 bits per heavy atom. The topological polar surface area (TPSA) is 135 Å². The molecule has 6 rings (SSSR count). The summed E-state index contributed by atoms with van der Waals surface area (Å²) < 4.78 is 41.6. The van der Waals surface area contributed by atoms with E-state index in [1.165, 1.54) is 3.97 Å². The maximum atomic E-state index is 14.3. The zero-order valence-corrected chi connectivity index (χ0v) is 29.8. The van der Waals surface area contributed by atoms with Crippen LogP contribution in [0.25, 0.3) is 33.4 Å². The summed E-state index contributed by atoms with van der Waals surface area (Å²) >= 11 is 0. The number of hydrogen-bond acceptors (Lipinski definition) is 8. The number of carbonyl (C=O) groups is 1.